The van der Waals surface area contributed by atoms with Crippen LogP contribution in [0.1, 0.15) is 63.6 Å². The van der Waals surface area contributed by atoms with Gasteiger partial charge in [-0.1, -0.05) is 39.0 Å². The monoisotopic (exact) mass is 464 g/mol. The molecule has 0 aliphatic carbocycles. The highest BCUT2D eigenvalue weighted by Crippen LogP contribution is 2.32. The van der Waals surface area contributed by atoms with Gasteiger partial charge in [-0.3, -0.25) is 19.5 Å². The van der Waals surface area contributed by atoms with Crippen molar-refractivity contribution in [2.75, 3.05) is 24.7 Å². The molecule has 0 spiro atoms. The summed E-state index contributed by atoms with van der Waals surface area (Å²) in [5.74, 6) is -0.275. The number of anilines is 1. The number of carbonyl (C=O) groups is 2. The molecule has 1 aromatic carbocycles. The van der Waals surface area contributed by atoms with Gasteiger partial charge in [0.1, 0.15) is 6.04 Å². The largest absolute Gasteiger partial charge is 0.381 e. The van der Waals surface area contributed by atoms with Crippen molar-refractivity contribution in [3.05, 3.63) is 59.9 Å². The summed E-state index contributed by atoms with van der Waals surface area (Å²) in [5, 5.41) is 6.50. The van der Waals surface area contributed by atoms with Gasteiger partial charge < -0.3 is 15.4 Å². The predicted molar refractivity (Wildman–Crippen MR) is 133 cm³/mol. The molecule has 2 aromatic rings. The van der Waals surface area contributed by atoms with Gasteiger partial charge in [-0.2, -0.15) is 0 Å². The molecule has 1 aromatic heterocycles. The van der Waals surface area contributed by atoms with Crippen LogP contribution in [0.4, 0.5) is 5.69 Å². The molecule has 1 unspecified atom stereocenters. The van der Waals surface area contributed by atoms with Crippen LogP contribution in [0.2, 0.25) is 0 Å². The fourth-order valence-corrected chi connectivity index (χ4v) is 4.67. The van der Waals surface area contributed by atoms with E-state index in [9.17, 15) is 9.59 Å². The number of amides is 2. The Morgan fingerprint density at radius 1 is 1.12 bits per heavy atom. The van der Waals surface area contributed by atoms with E-state index in [0.717, 1.165) is 32.2 Å². The molecule has 2 aliphatic rings. The number of aromatic nitrogens is 1. The Morgan fingerprint density at radius 3 is 2.44 bits per heavy atom. The molecule has 3 heterocycles. The van der Waals surface area contributed by atoms with Gasteiger partial charge in [-0.15, -0.1) is 0 Å². The van der Waals surface area contributed by atoms with Gasteiger partial charge in [-0.25, -0.2) is 0 Å². The van der Waals surface area contributed by atoms with E-state index >= 15 is 0 Å². The minimum Gasteiger partial charge on any atom is -0.381 e. The fourth-order valence-electron chi connectivity index (χ4n) is 4.67. The minimum atomic E-state index is -0.813. The number of nitrogens with zero attached hydrogens (tertiary/aromatic N) is 2. The Morgan fingerprint density at radius 2 is 1.85 bits per heavy atom. The quantitative estimate of drug-likeness (QED) is 0.684. The number of nitrogens with one attached hydrogen (secondary N) is 2. The highest BCUT2D eigenvalue weighted by atomic mass is 16.5. The molecule has 2 N–H and O–H groups in total. The Labute approximate surface area is 202 Å². The van der Waals surface area contributed by atoms with E-state index < -0.39 is 6.04 Å². The van der Waals surface area contributed by atoms with Crippen LogP contribution < -0.4 is 15.5 Å². The zero-order chi connectivity index (χ0) is 24.1. The molecule has 7 nitrogen and oxygen atoms in total. The molecule has 0 bridgehead atoms. The van der Waals surface area contributed by atoms with Gasteiger partial charge >= 0.3 is 0 Å². The molecule has 2 fully saturated rings. The second-order valence-corrected chi connectivity index (χ2v) is 10.2. The molecular formula is C27H36N4O3. The van der Waals surface area contributed by atoms with Crippen LogP contribution in [0.25, 0.3) is 0 Å². The summed E-state index contributed by atoms with van der Waals surface area (Å²) < 4.78 is 5.45. The van der Waals surface area contributed by atoms with Gasteiger partial charge in [0.25, 0.3) is 0 Å². The van der Waals surface area contributed by atoms with Crippen molar-refractivity contribution in [3.8, 4) is 0 Å². The number of hydrogen-bond acceptors (Lipinski definition) is 5. The third kappa shape index (κ3) is 5.65. The number of pyridine rings is 1. The number of benzene rings is 1. The molecule has 4 rings (SSSR count). The maximum atomic E-state index is 13.9. The van der Waals surface area contributed by atoms with Gasteiger partial charge in [0.05, 0.1) is 6.04 Å². The first-order chi connectivity index (χ1) is 16.3. The summed E-state index contributed by atoms with van der Waals surface area (Å²) in [7, 11) is 0. The lowest BCUT2D eigenvalue weighted by atomic mass is 9.87. The maximum Gasteiger partial charge on any atom is 0.248 e. The van der Waals surface area contributed by atoms with E-state index in [1.807, 2.05) is 36.4 Å². The van der Waals surface area contributed by atoms with Crippen molar-refractivity contribution in [3.63, 3.8) is 0 Å². The van der Waals surface area contributed by atoms with Crippen molar-refractivity contribution >= 4 is 17.5 Å². The Balaban J connectivity index is 1.73. The average molecular weight is 465 g/mol. The molecule has 34 heavy (non-hydrogen) atoms. The highest BCUT2D eigenvalue weighted by molar-refractivity contribution is 6.03. The fraction of sp³-hybridized carbons (Fsp3) is 0.519. The topological polar surface area (TPSA) is 83.6 Å². The summed E-state index contributed by atoms with van der Waals surface area (Å²) >= 11 is 0. The second kappa shape index (κ2) is 10.7. The Bertz CT molecular complexity index is 960. The van der Waals surface area contributed by atoms with Crippen molar-refractivity contribution in [2.45, 2.75) is 70.0 Å². The van der Waals surface area contributed by atoms with E-state index in [-0.39, 0.29) is 29.3 Å². The maximum absolute atomic E-state index is 13.9. The molecule has 0 saturated carbocycles. The van der Waals surface area contributed by atoms with Gasteiger partial charge in [0.2, 0.25) is 11.8 Å². The average Bonchev–Trinajstić information content (AvgIpc) is 3.38. The summed E-state index contributed by atoms with van der Waals surface area (Å²) in [6.07, 6.45) is 6.60. The molecule has 2 amide bonds. The van der Waals surface area contributed by atoms with Crippen LogP contribution in [-0.2, 0) is 19.7 Å². The third-order valence-electron chi connectivity index (χ3n) is 6.68. The molecule has 2 aliphatic heterocycles. The first kappa shape index (κ1) is 24.4. The normalized spacial score (nSPS) is 20.0. The third-order valence-corrected chi connectivity index (χ3v) is 6.68. The lowest BCUT2D eigenvalue weighted by Gasteiger charge is -2.35. The zero-order valence-electron chi connectivity index (χ0n) is 20.4. The first-order valence-electron chi connectivity index (χ1n) is 12.3. The first-order valence-corrected chi connectivity index (χ1v) is 12.3. The minimum absolute atomic E-state index is 0.0104. The summed E-state index contributed by atoms with van der Waals surface area (Å²) in [4.78, 5) is 33.6. The van der Waals surface area contributed by atoms with Crippen LogP contribution >= 0.6 is 0 Å². The summed E-state index contributed by atoms with van der Waals surface area (Å²) in [6.45, 7) is 8.54. The predicted octanol–water partition coefficient (Wildman–Crippen LogP) is 3.50. The molecule has 7 heteroatoms. The van der Waals surface area contributed by atoms with Crippen LogP contribution in [0.3, 0.4) is 0 Å². The number of hydrogen-bond donors (Lipinski definition) is 2. The molecular weight excluding hydrogens is 428 g/mol. The zero-order valence-corrected chi connectivity index (χ0v) is 20.4. The van der Waals surface area contributed by atoms with Crippen LogP contribution in [0.15, 0.2) is 48.8 Å². The van der Waals surface area contributed by atoms with Crippen LogP contribution in [-0.4, -0.2) is 48.6 Å². The number of carbonyl (C=O) groups excluding carboxylic acids is 2. The van der Waals surface area contributed by atoms with Crippen LogP contribution in [0, 0.1) is 0 Å². The van der Waals surface area contributed by atoms with E-state index in [1.54, 1.807) is 17.3 Å². The number of ether oxygens (including phenoxy) is 1. The van der Waals surface area contributed by atoms with Gasteiger partial charge in [0, 0.05) is 42.9 Å². The molecule has 0 radical (unpaired) electrons. The Hall–Kier alpha value is -2.77. The van der Waals surface area contributed by atoms with E-state index in [2.05, 4.69) is 36.4 Å². The molecule has 182 valence electrons. The standard InChI is InChI=1S/C27H36N4O3/c1-27(2,3)20-8-10-22(11-9-20)31(26(33)23-7-5-15-29-23)24(19-6-4-14-28-18-19)25(32)30-21-12-16-34-17-13-21/h4,6,8-11,14,18,21,23-24,29H,5,7,12-13,15-17H2,1-3H3,(H,30,32)/t23-,24?/m1/s1. The lowest BCUT2D eigenvalue weighted by Crippen LogP contribution is -2.52. The highest BCUT2D eigenvalue weighted by Gasteiger charge is 2.38. The summed E-state index contributed by atoms with van der Waals surface area (Å²) in [5.41, 5.74) is 2.57. The SMILES string of the molecule is CC(C)(C)c1ccc(N(C(=O)[C@H]2CCCN2)C(C(=O)NC2CCOCC2)c2cccnc2)cc1. The van der Waals surface area contributed by atoms with E-state index in [4.69, 9.17) is 4.74 Å². The van der Waals surface area contributed by atoms with Gasteiger partial charge in [-0.05, 0) is 61.4 Å². The number of rotatable bonds is 6. The smallest absolute Gasteiger partial charge is 0.248 e. The van der Waals surface area contributed by atoms with E-state index in [0.29, 0.717) is 24.5 Å². The lowest BCUT2D eigenvalue weighted by molar-refractivity contribution is -0.128. The van der Waals surface area contributed by atoms with Gasteiger partial charge in [0.15, 0.2) is 0 Å². The summed E-state index contributed by atoms with van der Waals surface area (Å²) in [6, 6.07) is 10.6. The van der Waals surface area contributed by atoms with Crippen molar-refractivity contribution in [2.24, 2.45) is 0 Å². The second-order valence-electron chi connectivity index (χ2n) is 10.2. The molecule has 2 saturated heterocycles. The van der Waals surface area contributed by atoms with Crippen molar-refractivity contribution < 1.29 is 14.3 Å². The van der Waals surface area contributed by atoms with E-state index in [1.165, 1.54) is 5.56 Å². The van der Waals surface area contributed by atoms with Crippen molar-refractivity contribution in [1.29, 1.82) is 0 Å². The van der Waals surface area contributed by atoms with Crippen molar-refractivity contribution in [1.82, 2.24) is 15.6 Å². The Kier molecular flexibility index (Phi) is 7.63. The molecule has 2 atom stereocenters. The van der Waals surface area contributed by atoms with Crippen LogP contribution in [0.5, 0.6) is 0 Å².